The summed E-state index contributed by atoms with van der Waals surface area (Å²) in [7, 11) is 2.22. The minimum Gasteiger partial charge on any atom is -0.311 e. The van der Waals surface area contributed by atoms with E-state index < -0.39 is 0 Å². The predicted molar refractivity (Wildman–Crippen MR) is 86.1 cm³/mol. The Bertz CT molecular complexity index is 576. The number of para-hydroxylation sites is 2. The van der Waals surface area contributed by atoms with E-state index in [-0.39, 0.29) is 0 Å². The zero-order chi connectivity index (χ0) is 14.5. The third-order valence-electron chi connectivity index (χ3n) is 4.37. The van der Waals surface area contributed by atoms with E-state index in [2.05, 4.69) is 27.2 Å². The van der Waals surface area contributed by atoms with Gasteiger partial charge in [-0.2, -0.15) is 0 Å². The van der Waals surface area contributed by atoms with Crippen molar-refractivity contribution in [2.45, 2.75) is 25.8 Å². The molecule has 1 aromatic carbocycles. The predicted octanol–water partition coefficient (Wildman–Crippen LogP) is 2.45. The minimum atomic E-state index is 0.810. The summed E-state index contributed by atoms with van der Waals surface area (Å²) in [6.45, 7) is 4.38. The van der Waals surface area contributed by atoms with Crippen LogP contribution in [-0.4, -0.2) is 41.5 Å². The van der Waals surface area contributed by atoms with Crippen molar-refractivity contribution in [1.29, 1.82) is 0 Å². The van der Waals surface area contributed by atoms with Crippen LogP contribution in [0.15, 0.2) is 30.5 Å². The first-order valence-electron chi connectivity index (χ1n) is 7.91. The van der Waals surface area contributed by atoms with Crippen LogP contribution in [0.25, 0.3) is 11.0 Å². The minimum absolute atomic E-state index is 0.810. The molecule has 2 heterocycles. The van der Waals surface area contributed by atoms with E-state index in [9.17, 15) is 0 Å². The molecular weight excluding hydrogens is 260 g/mol. The highest BCUT2D eigenvalue weighted by atomic mass is 15.1. The molecule has 0 atom stereocenters. The van der Waals surface area contributed by atoms with Crippen LogP contribution in [0.2, 0.25) is 0 Å². The molecule has 1 saturated heterocycles. The monoisotopic (exact) mass is 284 g/mol. The number of nitrogens with one attached hydrogen (secondary N) is 1. The molecule has 0 bridgehead atoms. The molecule has 1 aromatic heterocycles. The van der Waals surface area contributed by atoms with Crippen LogP contribution in [0.4, 0.5) is 0 Å². The highest BCUT2D eigenvalue weighted by molar-refractivity contribution is 5.73. The molecule has 0 saturated carbocycles. The number of likely N-dealkylation sites (tertiary alicyclic amines) is 1. The number of benzene rings is 1. The molecule has 1 N–H and O–H groups in total. The summed E-state index contributed by atoms with van der Waals surface area (Å²) in [5.74, 6) is 0.886. The van der Waals surface area contributed by atoms with Crippen molar-refractivity contribution in [1.82, 2.24) is 20.2 Å². The van der Waals surface area contributed by atoms with Crippen molar-refractivity contribution in [2.24, 2.45) is 5.92 Å². The number of hydrogen-bond donors (Lipinski definition) is 1. The van der Waals surface area contributed by atoms with Crippen LogP contribution in [0.3, 0.4) is 0 Å². The summed E-state index contributed by atoms with van der Waals surface area (Å²) in [4.78, 5) is 11.5. The molecule has 0 spiro atoms. The fraction of sp³-hybridized carbons (Fsp3) is 0.529. The van der Waals surface area contributed by atoms with Crippen LogP contribution in [0.1, 0.15) is 25.0 Å². The average molecular weight is 284 g/mol. The number of aromatic nitrogens is 2. The lowest BCUT2D eigenvalue weighted by Crippen LogP contribution is -2.31. The second-order valence-corrected chi connectivity index (χ2v) is 6.06. The average Bonchev–Trinajstić information content (AvgIpc) is 2.53. The van der Waals surface area contributed by atoms with E-state index in [1.165, 1.54) is 32.4 Å². The summed E-state index contributed by atoms with van der Waals surface area (Å²) in [5, 5.41) is 3.51. The molecule has 0 amide bonds. The molecule has 4 heteroatoms. The van der Waals surface area contributed by atoms with E-state index >= 15 is 0 Å². The van der Waals surface area contributed by atoms with Gasteiger partial charge < -0.3 is 10.2 Å². The van der Waals surface area contributed by atoms with Crippen molar-refractivity contribution in [2.75, 3.05) is 26.7 Å². The highest BCUT2D eigenvalue weighted by Crippen LogP contribution is 2.18. The van der Waals surface area contributed by atoms with Crippen molar-refractivity contribution in [3.8, 4) is 0 Å². The quantitative estimate of drug-likeness (QED) is 0.856. The van der Waals surface area contributed by atoms with Gasteiger partial charge in [0.15, 0.2) is 0 Å². The number of hydrogen-bond acceptors (Lipinski definition) is 4. The summed E-state index contributed by atoms with van der Waals surface area (Å²) in [6, 6.07) is 8.02. The van der Waals surface area contributed by atoms with E-state index in [1.807, 2.05) is 30.5 Å². The molecule has 4 nitrogen and oxygen atoms in total. The highest BCUT2D eigenvalue weighted by Gasteiger charge is 2.15. The topological polar surface area (TPSA) is 41.0 Å². The maximum atomic E-state index is 4.64. The molecule has 0 radical (unpaired) electrons. The van der Waals surface area contributed by atoms with Gasteiger partial charge in [0.05, 0.1) is 22.9 Å². The molecule has 1 aliphatic rings. The van der Waals surface area contributed by atoms with Gasteiger partial charge in [-0.15, -0.1) is 0 Å². The Morgan fingerprint density at radius 2 is 1.95 bits per heavy atom. The number of rotatable bonds is 5. The molecule has 3 rings (SSSR count). The zero-order valence-electron chi connectivity index (χ0n) is 12.8. The summed E-state index contributed by atoms with van der Waals surface area (Å²) in [5.41, 5.74) is 2.97. The van der Waals surface area contributed by atoms with Gasteiger partial charge in [-0.1, -0.05) is 12.1 Å². The Morgan fingerprint density at radius 1 is 1.19 bits per heavy atom. The van der Waals surface area contributed by atoms with E-state index in [1.54, 1.807) is 0 Å². The van der Waals surface area contributed by atoms with E-state index in [0.717, 1.165) is 35.7 Å². The Balaban J connectivity index is 1.44. The smallest absolute Gasteiger partial charge is 0.0890 e. The summed E-state index contributed by atoms with van der Waals surface area (Å²) >= 11 is 0. The second-order valence-electron chi connectivity index (χ2n) is 6.06. The van der Waals surface area contributed by atoms with Crippen LogP contribution in [0, 0.1) is 5.92 Å². The molecule has 2 aromatic rings. The molecule has 1 aliphatic heterocycles. The lowest BCUT2D eigenvalue weighted by atomic mass is 9.94. The first-order valence-corrected chi connectivity index (χ1v) is 7.91. The maximum Gasteiger partial charge on any atom is 0.0890 e. The fourth-order valence-corrected chi connectivity index (χ4v) is 2.95. The van der Waals surface area contributed by atoms with Gasteiger partial charge in [-0.05, 0) is 64.0 Å². The molecule has 21 heavy (non-hydrogen) atoms. The van der Waals surface area contributed by atoms with Crippen molar-refractivity contribution >= 4 is 11.0 Å². The van der Waals surface area contributed by atoms with E-state index in [4.69, 9.17) is 0 Å². The third kappa shape index (κ3) is 3.99. The van der Waals surface area contributed by atoms with Gasteiger partial charge >= 0.3 is 0 Å². The van der Waals surface area contributed by atoms with Crippen molar-refractivity contribution in [3.05, 3.63) is 36.2 Å². The molecule has 0 unspecified atom stereocenters. The lowest BCUT2D eigenvalue weighted by Gasteiger charge is -2.28. The summed E-state index contributed by atoms with van der Waals surface area (Å²) in [6.07, 6.45) is 5.83. The molecule has 1 fully saturated rings. The van der Waals surface area contributed by atoms with Crippen LogP contribution in [0.5, 0.6) is 0 Å². The fourth-order valence-electron chi connectivity index (χ4n) is 2.95. The van der Waals surface area contributed by atoms with Gasteiger partial charge in [0.2, 0.25) is 0 Å². The lowest BCUT2D eigenvalue weighted by molar-refractivity contribution is 0.211. The van der Waals surface area contributed by atoms with Crippen LogP contribution < -0.4 is 5.32 Å². The van der Waals surface area contributed by atoms with Crippen molar-refractivity contribution in [3.63, 3.8) is 0 Å². The number of piperidine rings is 1. The Hall–Kier alpha value is -1.52. The Labute approximate surface area is 126 Å². The molecule has 112 valence electrons. The largest absolute Gasteiger partial charge is 0.311 e. The number of nitrogens with zero attached hydrogens (tertiary/aromatic N) is 3. The zero-order valence-corrected chi connectivity index (χ0v) is 12.8. The normalized spacial score (nSPS) is 17.4. The van der Waals surface area contributed by atoms with Gasteiger partial charge in [0.1, 0.15) is 0 Å². The maximum absolute atomic E-state index is 4.64. The molecular formula is C17H24N4. The Morgan fingerprint density at radius 3 is 2.76 bits per heavy atom. The van der Waals surface area contributed by atoms with Gasteiger partial charge in [0.25, 0.3) is 0 Å². The van der Waals surface area contributed by atoms with Gasteiger partial charge in [0, 0.05) is 6.54 Å². The number of fused-ring (bicyclic) bond motifs is 1. The van der Waals surface area contributed by atoms with Gasteiger partial charge in [-0.3, -0.25) is 4.98 Å². The second kappa shape index (κ2) is 6.96. The summed E-state index contributed by atoms with van der Waals surface area (Å²) < 4.78 is 0. The third-order valence-corrected chi connectivity index (χ3v) is 4.37. The van der Waals surface area contributed by atoms with Gasteiger partial charge in [-0.25, -0.2) is 4.98 Å². The first-order chi connectivity index (χ1) is 10.3. The van der Waals surface area contributed by atoms with Crippen LogP contribution in [-0.2, 0) is 6.54 Å². The SMILES string of the molecule is CN1CCC(CCNCc2cnc3ccccc3n2)CC1. The molecule has 0 aliphatic carbocycles. The standard InChI is InChI=1S/C17H24N4/c1-21-10-7-14(8-11-21)6-9-18-12-15-13-19-16-4-2-3-5-17(16)20-15/h2-5,13-14,18H,6-12H2,1H3. The Kier molecular flexibility index (Phi) is 4.78. The van der Waals surface area contributed by atoms with E-state index in [0.29, 0.717) is 0 Å². The van der Waals surface area contributed by atoms with Crippen LogP contribution >= 0.6 is 0 Å². The van der Waals surface area contributed by atoms with Crippen molar-refractivity contribution < 1.29 is 0 Å². The first kappa shape index (κ1) is 14.4.